The van der Waals surface area contributed by atoms with Crippen molar-refractivity contribution in [2.75, 3.05) is 13.7 Å². The molecular weight excluding hydrogens is 662 g/mol. The van der Waals surface area contributed by atoms with Crippen LogP contribution in [0.4, 0.5) is 5.69 Å². The average molecular weight is 704 g/mol. The second-order valence-electron chi connectivity index (χ2n) is 13.0. The van der Waals surface area contributed by atoms with E-state index in [0.29, 0.717) is 63.8 Å². The third kappa shape index (κ3) is 7.02. The highest BCUT2D eigenvalue weighted by Gasteiger charge is 2.37. The highest BCUT2D eigenvalue weighted by Crippen LogP contribution is 2.43. The number of hydrogen-bond acceptors (Lipinski definition) is 8. The molecule has 0 radical (unpaired) electrons. The lowest BCUT2D eigenvalue weighted by Crippen LogP contribution is -2.41. The number of hydrogen-bond donors (Lipinski definition) is 1. The molecule has 0 amide bonds. The number of sulfonamides is 1. The fourth-order valence-electron chi connectivity index (χ4n) is 5.42. The molecular formula is C32H42ClN5O7SSi. The minimum Gasteiger partial charge on any atom is -0.464 e. The topological polar surface area (TPSA) is 148 Å². The summed E-state index contributed by atoms with van der Waals surface area (Å²) in [7, 11) is -3.19. The zero-order valence-corrected chi connectivity index (χ0v) is 30.8. The number of nitro benzene ring substituents is 1. The van der Waals surface area contributed by atoms with Crippen molar-refractivity contribution in [1.29, 1.82) is 0 Å². The van der Waals surface area contributed by atoms with Crippen LogP contribution >= 0.6 is 11.6 Å². The van der Waals surface area contributed by atoms with Gasteiger partial charge in [0.2, 0.25) is 10.0 Å². The van der Waals surface area contributed by atoms with Gasteiger partial charge in [-0.05, 0) is 62.2 Å². The summed E-state index contributed by atoms with van der Waals surface area (Å²) in [5.74, 6) is -0.494. The van der Waals surface area contributed by atoms with E-state index in [0.717, 1.165) is 11.6 Å². The summed E-state index contributed by atoms with van der Waals surface area (Å²) in [6, 6.07) is 8.74. The lowest BCUT2D eigenvalue weighted by atomic mass is 9.97. The van der Waals surface area contributed by atoms with Crippen molar-refractivity contribution >= 4 is 52.5 Å². The molecule has 0 unspecified atom stereocenters. The van der Waals surface area contributed by atoms with Crippen LogP contribution in [0.1, 0.15) is 54.6 Å². The lowest BCUT2D eigenvalue weighted by Gasteiger charge is -2.36. The van der Waals surface area contributed by atoms with E-state index in [1.54, 1.807) is 17.8 Å². The Kier molecular flexibility index (Phi) is 10.4. The summed E-state index contributed by atoms with van der Waals surface area (Å²) >= 11 is 6.91. The molecule has 12 nitrogen and oxygen atoms in total. The largest absolute Gasteiger partial charge is 0.464 e. The van der Waals surface area contributed by atoms with E-state index in [1.807, 2.05) is 24.5 Å². The van der Waals surface area contributed by atoms with Crippen molar-refractivity contribution in [3.63, 3.8) is 0 Å². The molecule has 0 aliphatic heterocycles. The molecule has 0 saturated carbocycles. The zero-order valence-electron chi connectivity index (χ0n) is 28.2. The fraction of sp³-hybridized carbons (Fsp3) is 0.438. The van der Waals surface area contributed by atoms with Crippen molar-refractivity contribution in [2.45, 2.75) is 77.2 Å². The number of aryl methyl sites for hydroxylation is 3. The van der Waals surface area contributed by atoms with Gasteiger partial charge < -0.3 is 13.7 Å². The Bertz CT molecular complexity index is 1960. The Hall–Kier alpha value is -3.56. The van der Waals surface area contributed by atoms with Gasteiger partial charge in [-0.2, -0.15) is 5.10 Å². The summed E-state index contributed by atoms with van der Waals surface area (Å²) in [4.78, 5) is 23.5. The maximum atomic E-state index is 13.3. The standard InChI is InChI=1S/C32H42ClN5O7SSi/c1-20-27-25(37(30(20)31(39)44-7)17-12-18-45-47(8,9)32(3,4)5)16-15-22(33)29(27)28-21(2)36(6)35-23(28)19-34-46(42,43)26-14-11-10-13-24(26)38(40)41/h10-11,13-16,34H,12,17-19H2,1-9H3. The predicted molar refractivity (Wildman–Crippen MR) is 185 cm³/mol. The van der Waals surface area contributed by atoms with Gasteiger partial charge in [0.25, 0.3) is 5.69 Å². The van der Waals surface area contributed by atoms with Crippen molar-refractivity contribution in [3.05, 3.63) is 74.2 Å². The first-order chi connectivity index (χ1) is 21.8. The molecule has 2 aromatic heterocycles. The Labute approximate surface area is 281 Å². The number of nitrogens with one attached hydrogen (secondary N) is 1. The predicted octanol–water partition coefficient (Wildman–Crippen LogP) is 6.90. The summed E-state index contributed by atoms with van der Waals surface area (Å²) in [6.07, 6.45) is 0.655. The molecule has 1 N–H and O–H groups in total. The highest BCUT2D eigenvalue weighted by atomic mass is 35.5. The van der Waals surface area contributed by atoms with E-state index >= 15 is 0 Å². The number of carbonyl (C=O) groups excluding carboxylic acids is 1. The third-order valence-corrected chi connectivity index (χ3v) is 15.3. The smallest absolute Gasteiger partial charge is 0.354 e. The Morgan fingerprint density at radius 3 is 2.40 bits per heavy atom. The first-order valence-corrected chi connectivity index (χ1v) is 19.9. The number of nitrogens with zero attached hydrogens (tertiary/aromatic N) is 4. The summed E-state index contributed by atoms with van der Waals surface area (Å²) in [6.45, 7) is 15.4. The quantitative estimate of drug-likeness (QED) is 0.0551. The van der Waals surface area contributed by atoms with E-state index in [2.05, 4.69) is 43.7 Å². The van der Waals surface area contributed by atoms with Gasteiger partial charge in [0.15, 0.2) is 13.2 Å². The van der Waals surface area contributed by atoms with Gasteiger partial charge in [0.05, 0.1) is 24.3 Å². The second-order valence-corrected chi connectivity index (χ2v) is 19.9. The summed E-state index contributed by atoms with van der Waals surface area (Å²) < 4.78 is 44.2. The molecule has 0 aliphatic carbocycles. The number of halogens is 1. The lowest BCUT2D eigenvalue weighted by molar-refractivity contribution is -0.387. The van der Waals surface area contributed by atoms with Gasteiger partial charge >= 0.3 is 5.97 Å². The zero-order chi connectivity index (χ0) is 35.1. The van der Waals surface area contributed by atoms with Gasteiger partial charge in [-0.15, -0.1) is 0 Å². The third-order valence-electron chi connectivity index (χ3n) is 9.03. The van der Waals surface area contributed by atoms with Crippen molar-refractivity contribution in [1.82, 2.24) is 19.1 Å². The van der Waals surface area contributed by atoms with Gasteiger partial charge in [0.1, 0.15) is 5.69 Å². The number of benzene rings is 2. The Morgan fingerprint density at radius 2 is 1.79 bits per heavy atom. The van der Waals surface area contributed by atoms with Crippen LogP contribution in [0.3, 0.4) is 0 Å². The van der Waals surface area contributed by atoms with Crippen LogP contribution in [0, 0.1) is 24.0 Å². The molecule has 4 rings (SSSR count). The fourth-order valence-corrected chi connectivity index (χ4v) is 7.91. The number of para-hydroxylation sites is 1. The number of methoxy groups -OCH3 is 1. The van der Waals surface area contributed by atoms with Gasteiger partial charge in [-0.1, -0.05) is 44.5 Å². The van der Waals surface area contributed by atoms with Crippen LogP contribution in [0.2, 0.25) is 23.2 Å². The van der Waals surface area contributed by atoms with E-state index in [9.17, 15) is 23.3 Å². The SMILES string of the molecule is COC(=O)c1c(C)c2c(-c3c(CNS(=O)(=O)c4ccccc4[N+](=O)[O-])nn(C)c3C)c(Cl)ccc2n1CCCO[Si](C)(C)C(C)(C)C. The normalized spacial score (nSPS) is 12.6. The number of esters is 1. The number of carbonyl (C=O) groups is 1. The minimum atomic E-state index is -4.30. The first-order valence-electron chi connectivity index (χ1n) is 15.1. The van der Waals surface area contributed by atoms with Gasteiger partial charge in [0, 0.05) is 59.0 Å². The highest BCUT2D eigenvalue weighted by molar-refractivity contribution is 7.89. The van der Waals surface area contributed by atoms with Gasteiger partial charge in [-0.3, -0.25) is 14.8 Å². The second kappa shape index (κ2) is 13.5. The first kappa shape index (κ1) is 36.3. The number of rotatable bonds is 12. The van der Waals surface area contributed by atoms with Gasteiger partial charge in [-0.25, -0.2) is 17.9 Å². The molecule has 2 aromatic carbocycles. The van der Waals surface area contributed by atoms with Crippen molar-refractivity contribution in [3.8, 4) is 11.1 Å². The number of nitro groups is 1. The molecule has 0 saturated heterocycles. The molecule has 0 spiro atoms. The van der Waals surface area contributed by atoms with Crippen LogP contribution in [-0.4, -0.2) is 55.7 Å². The molecule has 0 bridgehead atoms. The Morgan fingerprint density at radius 1 is 1.13 bits per heavy atom. The van der Waals surface area contributed by atoms with Crippen LogP contribution in [-0.2, 0) is 39.3 Å². The maximum absolute atomic E-state index is 13.3. The molecule has 0 aliphatic rings. The van der Waals surface area contributed by atoms with E-state index < -0.39 is 39.8 Å². The van der Waals surface area contributed by atoms with E-state index in [1.165, 1.54) is 25.3 Å². The summed E-state index contributed by atoms with van der Waals surface area (Å²) in [5.41, 5.74) is 3.50. The summed E-state index contributed by atoms with van der Waals surface area (Å²) in [5, 5.41) is 17.3. The Balaban J connectivity index is 1.80. The number of aromatic nitrogens is 3. The molecule has 0 fully saturated rings. The van der Waals surface area contributed by atoms with Crippen LogP contribution in [0.25, 0.3) is 22.0 Å². The molecule has 2 heterocycles. The average Bonchev–Trinajstić information content (AvgIpc) is 3.44. The molecule has 4 aromatic rings. The van der Waals surface area contributed by atoms with Crippen LogP contribution < -0.4 is 4.72 Å². The van der Waals surface area contributed by atoms with Crippen molar-refractivity contribution < 1.29 is 27.3 Å². The molecule has 0 atom stereocenters. The van der Waals surface area contributed by atoms with E-state index in [4.69, 9.17) is 20.8 Å². The number of fused-ring (bicyclic) bond motifs is 1. The van der Waals surface area contributed by atoms with Crippen LogP contribution in [0.5, 0.6) is 0 Å². The maximum Gasteiger partial charge on any atom is 0.354 e. The van der Waals surface area contributed by atoms with Crippen molar-refractivity contribution in [2.24, 2.45) is 7.05 Å². The monoisotopic (exact) mass is 703 g/mol. The minimum absolute atomic E-state index is 0.0653. The number of ether oxygens (including phenoxy) is 1. The molecule has 254 valence electrons. The molecule has 47 heavy (non-hydrogen) atoms. The van der Waals surface area contributed by atoms with E-state index in [-0.39, 0.29) is 11.6 Å². The van der Waals surface area contributed by atoms with Crippen LogP contribution in [0.15, 0.2) is 41.3 Å². The molecule has 15 heteroatoms.